The molecule has 1 amide bonds. The van der Waals surface area contributed by atoms with Crippen molar-refractivity contribution in [1.82, 2.24) is 10.3 Å². The Kier molecular flexibility index (Phi) is 6.50. The van der Waals surface area contributed by atoms with E-state index in [0.717, 1.165) is 21.7 Å². The van der Waals surface area contributed by atoms with Gasteiger partial charge in [-0.1, -0.05) is 0 Å². The van der Waals surface area contributed by atoms with Crippen LogP contribution in [-0.4, -0.2) is 43.4 Å². The lowest BCUT2D eigenvalue weighted by Gasteiger charge is -2.33. The Labute approximate surface area is 167 Å². The van der Waals surface area contributed by atoms with E-state index >= 15 is 0 Å². The molecule has 0 aromatic carbocycles. The Bertz CT molecular complexity index is 899. The molecule has 0 radical (unpaired) electrons. The Morgan fingerprint density at radius 1 is 1.23 bits per heavy atom. The molecule has 2 N–H and O–H groups in total. The zero-order valence-electron chi connectivity index (χ0n) is 14.8. The number of anilines is 1. The number of amides is 1. The van der Waals surface area contributed by atoms with E-state index in [-0.39, 0.29) is 25.2 Å². The number of aromatic nitrogens is 1. The van der Waals surface area contributed by atoms with Crippen LogP contribution >= 0.6 is 35.1 Å². The largest absolute Gasteiger partial charge is 0.317 e. The number of thiophene rings is 1. The van der Waals surface area contributed by atoms with E-state index in [1.54, 1.807) is 11.3 Å². The van der Waals surface area contributed by atoms with E-state index in [1.807, 2.05) is 26.0 Å². The van der Waals surface area contributed by atoms with E-state index in [1.165, 1.54) is 16.2 Å². The summed E-state index contributed by atoms with van der Waals surface area (Å²) in [5.74, 6) is -0.473. The van der Waals surface area contributed by atoms with Crippen LogP contribution < -0.4 is 10.6 Å². The predicted octanol–water partition coefficient (Wildman–Crippen LogP) is 3.02. The van der Waals surface area contributed by atoms with Gasteiger partial charge in [0.2, 0.25) is 5.91 Å². The molecule has 0 unspecified atom stereocenters. The molecule has 1 fully saturated rings. The van der Waals surface area contributed by atoms with Gasteiger partial charge in [0.25, 0.3) is 0 Å². The molecule has 0 bridgehead atoms. The fourth-order valence-electron chi connectivity index (χ4n) is 3.05. The molecule has 0 aliphatic carbocycles. The summed E-state index contributed by atoms with van der Waals surface area (Å²) in [6, 6.07) is 4.04. The number of carbonyl (C=O) groups is 1. The average molecular weight is 436 g/mol. The van der Waals surface area contributed by atoms with Crippen molar-refractivity contribution in [3.8, 4) is 10.6 Å². The summed E-state index contributed by atoms with van der Waals surface area (Å²) in [4.78, 5) is 20.6. The quantitative estimate of drug-likeness (QED) is 0.770. The summed E-state index contributed by atoms with van der Waals surface area (Å²) >= 11 is 3.02. The lowest BCUT2D eigenvalue weighted by Crippen LogP contribution is -2.55. The van der Waals surface area contributed by atoms with Gasteiger partial charge in [-0.15, -0.1) is 35.1 Å². The average Bonchev–Trinajstić information content (AvgIpc) is 3.12. The number of nitrogens with one attached hydrogen (secondary N) is 2. The van der Waals surface area contributed by atoms with Gasteiger partial charge in [-0.2, -0.15) is 0 Å². The van der Waals surface area contributed by atoms with Crippen LogP contribution in [0.15, 0.2) is 12.1 Å². The monoisotopic (exact) mass is 435 g/mol. The van der Waals surface area contributed by atoms with Gasteiger partial charge < -0.3 is 10.6 Å². The maximum atomic E-state index is 12.8. The van der Waals surface area contributed by atoms with Crippen molar-refractivity contribution < 1.29 is 13.2 Å². The summed E-state index contributed by atoms with van der Waals surface area (Å²) < 4.78 is 23.3. The van der Waals surface area contributed by atoms with Crippen molar-refractivity contribution in [3.63, 3.8) is 0 Å². The molecule has 10 heteroatoms. The Hall–Kier alpha value is -1.00. The van der Waals surface area contributed by atoms with Gasteiger partial charge in [-0.25, -0.2) is 13.4 Å². The first-order valence-corrected chi connectivity index (χ1v) is 11.5. The van der Waals surface area contributed by atoms with Crippen LogP contribution in [0.3, 0.4) is 0 Å². The first-order valence-electron chi connectivity index (χ1n) is 7.99. The first-order chi connectivity index (χ1) is 11.7. The summed E-state index contributed by atoms with van der Waals surface area (Å²) in [7, 11) is -3.53. The van der Waals surface area contributed by atoms with Gasteiger partial charge in [0, 0.05) is 16.0 Å². The number of carbonyl (C=O) groups excluding carboxylic acids is 1. The SMILES string of the molecule is Cc1ccc(-c2nc(NC(=O)C3(S(C)(=O)=O)CCNCC3)sc2C)s1.Cl. The number of rotatable bonds is 4. The highest BCUT2D eigenvalue weighted by molar-refractivity contribution is 7.92. The van der Waals surface area contributed by atoms with Crippen LogP contribution in [0.2, 0.25) is 0 Å². The number of hydrogen-bond donors (Lipinski definition) is 2. The maximum Gasteiger partial charge on any atom is 0.247 e. The molecule has 1 saturated heterocycles. The molecular weight excluding hydrogens is 414 g/mol. The number of nitrogens with zero attached hydrogens (tertiary/aromatic N) is 1. The van der Waals surface area contributed by atoms with Crippen LogP contribution in [-0.2, 0) is 14.6 Å². The molecule has 2 aromatic rings. The highest BCUT2D eigenvalue weighted by Crippen LogP contribution is 2.36. The molecule has 1 aliphatic heterocycles. The summed E-state index contributed by atoms with van der Waals surface area (Å²) in [5, 5.41) is 6.32. The molecule has 6 nitrogen and oxygen atoms in total. The van der Waals surface area contributed by atoms with E-state index < -0.39 is 20.5 Å². The topological polar surface area (TPSA) is 88.2 Å². The van der Waals surface area contributed by atoms with E-state index in [2.05, 4.69) is 15.6 Å². The Balaban J connectivity index is 0.00000243. The molecule has 2 aromatic heterocycles. The van der Waals surface area contributed by atoms with Crippen molar-refractivity contribution in [2.75, 3.05) is 24.7 Å². The fourth-order valence-corrected chi connectivity index (χ4v) is 6.18. The van der Waals surface area contributed by atoms with Crippen molar-refractivity contribution in [3.05, 3.63) is 21.9 Å². The van der Waals surface area contributed by atoms with Gasteiger partial charge in [0.1, 0.15) is 0 Å². The highest BCUT2D eigenvalue weighted by Gasteiger charge is 2.48. The molecule has 0 spiro atoms. The van der Waals surface area contributed by atoms with Crippen LogP contribution in [0.1, 0.15) is 22.6 Å². The maximum absolute atomic E-state index is 12.8. The number of piperidine rings is 1. The zero-order valence-corrected chi connectivity index (χ0v) is 18.1. The number of hydrogen-bond acceptors (Lipinski definition) is 7. The van der Waals surface area contributed by atoms with Gasteiger partial charge in [-0.3, -0.25) is 4.79 Å². The fraction of sp³-hybridized carbons (Fsp3) is 0.500. The lowest BCUT2D eigenvalue weighted by molar-refractivity contribution is -0.119. The second-order valence-electron chi connectivity index (χ2n) is 6.30. The van der Waals surface area contributed by atoms with Crippen molar-refractivity contribution >= 4 is 56.0 Å². The number of halogens is 1. The standard InChI is InChI=1S/C16H21N3O3S3.ClH/c1-10-4-5-12(23-10)13-11(2)24-15(18-13)19-14(20)16(25(3,21)22)6-8-17-9-7-16;/h4-5,17H,6-9H2,1-3H3,(H,18,19,20);1H. The first kappa shape index (κ1) is 21.3. The van der Waals surface area contributed by atoms with E-state index in [9.17, 15) is 13.2 Å². The zero-order chi connectivity index (χ0) is 18.2. The third-order valence-electron chi connectivity index (χ3n) is 4.53. The minimum atomic E-state index is -3.53. The van der Waals surface area contributed by atoms with Gasteiger partial charge in [0.05, 0.1) is 10.6 Å². The van der Waals surface area contributed by atoms with Crippen molar-refractivity contribution in [1.29, 1.82) is 0 Å². The predicted molar refractivity (Wildman–Crippen MR) is 110 cm³/mol. The highest BCUT2D eigenvalue weighted by atomic mass is 35.5. The molecule has 26 heavy (non-hydrogen) atoms. The molecule has 144 valence electrons. The summed E-state index contributed by atoms with van der Waals surface area (Å²) in [6.45, 7) is 5.01. The van der Waals surface area contributed by atoms with E-state index in [0.29, 0.717) is 18.2 Å². The molecule has 0 atom stereocenters. The number of aryl methyl sites for hydroxylation is 2. The molecule has 3 rings (SSSR count). The van der Waals surface area contributed by atoms with Crippen LogP contribution in [0.5, 0.6) is 0 Å². The Morgan fingerprint density at radius 2 is 1.88 bits per heavy atom. The Morgan fingerprint density at radius 3 is 2.42 bits per heavy atom. The van der Waals surface area contributed by atoms with Gasteiger partial charge in [0.15, 0.2) is 19.7 Å². The van der Waals surface area contributed by atoms with E-state index in [4.69, 9.17) is 0 Å². The summed E-state index contributed by atoms with van der Waals surface area (Å²) in [6.07, 6.45) is 1.70. The lowest BCUT2D eigenvalue weighted by atomic mass is 9.96. The molecular formula is C16H22ClN3O3S3. The number of sulfone groups is 1. The number of thiazole rings is 1. The van der Waals surface area contributed by atoms with Gasteiger partial charge in [-0.05, 0) is 51.9 Å². The summed E-state index contributed by atoms with van der Waals surface area (Å²) in [5.41, 5.74) is 0.845. The van der Waals surface area contributed by atoms with Crippen LogP contribution in [0, 0.1) is 13.8 Å². The van der Waals surface area contributed by atoms with Gasteiger partial charge >= 0.3 is 0 Å². The normalized spacial score (nSPS) is 16.7. The second kappa shape index (κ2) is 7.93. The second-order valence-corrected chi connectivity index (χ2v) is 11.1. The van der Waals surface area contributed by atoms with Crippen LogP contribution in [0.4, 0.5) is 5.13 Å². The smallest absolute Gasteiger partial charge is 0.247 e. The molecule has 0 saturated carbocycles. The molecule has 1 aliphatic rings. The molecule has 3 heterocycles. The third-order valence-corrected chi connectivity index (χ3v) is 8.43. The third kappa shape index (κ3) is 3.96. The minimum absolute atomic E-state index is 0. The van der Waals surface area contributed by atoms with Crippen LogP contribution in [0.25, 0.3) is 10.6 Å². The minimum Gasteiger partial charge on any atom is -0.317 e. The van der Waals surface area contributed by atoms with Crippen molar-refractivity contribution in [2.45, 2.75) is 31.4 Å². The van der Waals surface area contributed by atoms with Crippen molar-refractivity contribution in [2.24, 2.45) is 0 Å².